The van der Waals surface area contributed by atoms with Crippen molar-refractivity contribution >= 4 is 5.97 Å². The molecular formula is C13H23N5O2. The Bertz CT molecular complexity index is 434. The van der Waals surface area contributed by atoms with E-state index in [0.717, 1.165) is 51.0 Å². The molecule has 0 radical (unpaired) electrons. The molecule has 0 aromatic carbocycles. The molecule has 1 atom stereocenters. The SMILES string of the molecule is CCCCn1nnnc1CN1CCCCC1CC(=O)O. The van der Waals surface area contributed by atoms with Crippen molar-refractivity contribution in [3.8, 4) is 0 Å². The van der Waals surface area contributed by atoms with Crippen LogP contribution in [0.15, 0.2) is 0 Å². The zero-order chi connectivity index (χ0) is 14.4. The van der Waals surface area contributed by atoms with E-state index in [9.17, 15) is 4.79 Å². The minimum Gasteiger partial charge on any atom is -0.481 e. The van der Waals surface area contributed by atoms with Crippen molar-refractivity contribution in [3.05, 3.63) is 5.82 Å². The first-order valence-corrected chi connectivity index (χ1v) is 7.41. The molecule has 1 fully saturated rings. The van der Waals surface area contributed by atoms with Crippen molar-refractivity contribution in [2.75, 3.05) is 6.54 Å². The smallest absolute Gasteiger partial charge is 0.304 e. The van der Waals surface area contributed by atoms with Gasteiger partial charge in [-0.2, -0.15) is 0 Å². The summed E-state index contributed by atoms with van der Waals surface area (Å²) in [5.41, 5.74) is 0. The molecule has 7 nitrogen and oxygen atoms in total. The zero-order valence-corrected chi connectivity index (χ0v) is 12.0. The number of hydrogen-bond acceptors (Lipinski definition) is 5. The van der Waals surface area contributed by atoms with Gasteiger partial charge in [-0.05, 0) is 36.2 Å². The Hall–Kier alpha value is -1.50. The summed E-state index contributed by atoms with van der Waals surface area (Å²) in [7, 11) is 0. The summed E-state index contributed by atoms with van der Waals surface area (Å²) in [5, 5.41) is 20.9. The van der Waals surface area contributed by atoms with Gasteiger partial charge in [-0.15, -0.1) is 5.10 Å². The molecule has 1 aromatic heterocycles. The van der Waals surface area contributed by atoms with Gasteiger partial charge in [0.15, 0.2) is 5.82 Å². The standard InChI is InChI=1S/C13H23N5O2/c1-2-3-8-18-12(14-15-16-18)10-17-7-5-4-6-11(17)9-13(19)20/h11H,2-10H2,1H3,(H,19,20). The summed E-state index contributed by atoms with van der Waals surface area (Å²) in [6, 6.07) is 0.109. The van der Waals surface area contributed by atoms with Crippen molar-refractivity contribution in [1.82, 2.24) is 25.1 Å². The molecule has 2 heterocycles. The molecule has 2 rings (SSSR count). The minimum atomic E-state index is -0.729. The molecule has 0 amide bonds. The van der Waals surface area contributed by atoms with Gasteiger partial charge in [-0.1, -0.05) is 19.8 Å². The zero-order valence-electron chi connectivity index (χ0n) is 12.0. The summed E-state index contributed by atoms with van der Waals surface area (Å²) < 4.78 is 1.84. The van der Waals surface area contributed by atoms with E-state index in [1.54, 1.807) is 0 Å². The number of rotatable bonds is 7. The number of carbonyl (C=O) groups is 1. The number of nitrogens with zero attached hydrogens (tertiary/aromatic N) is 5. The quantitative estimate of drug-likeness (QED) is 0.811. The number of carboxylic acid groups (broad SMARTS) is 1. The number of aryl methyl sites for hydroxylation is 1. The minimum absolute atomic E-state index is 0.109. The van der Waals surface area contributed by atoms with Gasteiger partial charge in [0.25, 0.3) is 0 Å². The molecule has 112 valence electrons. The number of unbranched alkanes of at least 4 members (excludes halogenated alkanes) is 1. The molecule has 7 heteroatoms. The second kappa shape index (κ2) is 7.33. The lowest BCUT2D eigenvalue weighted by atomic mass is 9.99. The van der Waals surface area contributed by atoms with Crippen molar-refractivity contribution < 1.29 is 9.90 Å². The van der Waals surface area contributed by atoms with Gasteiger partial charge in [-0.3, -0.25) is 9.69 Å². The third-order valence-electron chi connectivity index (χ3n) is 3.83. The average Bonchev–Trinajstić information content (AvgIpc) is 2.85. The van der Waals surface area contributed by atoms with E-state index in [2.05, 4.69) is 27.3 Å². The number of tetrazole rings is 1. The van der Waals surface area contributed by atoms with E-state index in [1.807, 2.05) is 4.68 Å². The predicted molar refractivity (Wildman–Crippen MR) is 73.0 cm³/mol. The molecule has 0 bridgehead atoms. The van der Waals surface area contributed by atoms with Crippen LogP contribution in [-0.4, -0.2) is 48.8 Å². The van der Waals surface area contributed by atoms with Crippen LogP contribution in [0.4, 0.5) is 0 Å². The third-order valence-corrected chi connectivity index (χ3v) is 3.83. The molecule has 0 saturated carbocycles. The van der Waals surface area contributed by atoms with Crippen LogP contribution in [-0.2, 0) is 17.9 Å². The van der Waals surface area contributed by atoms with Crippen molar-refractivity contribution in [3.63, 3.8) is 0 Å². The molecule has 1 unspecified atom stereocenters. The second-order valence-corrected chi connectivity index (χ2v) is 5.39. The molecule has 1 aliphatic rings. The van der Waals surface area contributed by atoms with Gasteiger partial charge in [0.05, 0.1) is 13.0 Å². The van der Waals surface area contributed by atoms with E-state index < -0.39 is 5.97 Å². The highest BCUT2D eigenvalue weighted by atomic mass is 16.4. The van der Waals surface area contributed by atoms with Gasteiger partial charge in [0, 0.05) is 12.6 Å². The Morgan fingerprint density at radius 1 is 1.45 bits per heavy atom. The number of aliphatic carboxylic acids is 1. The average molecular weight is 281 g/mol. The van der Waals surface area contributed by atoms with E-state index in [4.69, 9.17) is 5.11 Å². The fourth-order valence-electron chi connectivity index (χ4n) is 2.70. The predicted octanol–water partition coefficient (Wildman–Crippen LogP) is 1.30. The van der Waals surface area contributed by atoms with Crippen LogP contribution in [0.25, 0.3) is 0 Å². The highest BCUT2D eigenvalue weighted by molar-refractivity contribution is 5.67. The van der Waals surface area contributed by atoms with Gasteiger partial charge in [0.1, 0.15) is 0 Å². The topological polar surface area (TPSA) is 84.1 Å². The van der Waals surface area contributed by atoms with Crippen LogP contribution in [0.2, 0.25) is 0 Å². The number of likely N-dealkylation sites (tertiary alicyclic amines) is 1. The molecule has 1 saturated heterocycles. The molecule has 0 spiro atoms. The summed E-state index contributed by atoms with van der Waals surface area (Å²) in [5.74, 6) is 0.114. The third kappa shape index (κ3) is 4.00. The highest BCUT2D eigenvalue weighted by Crippen LogP contribution is 2.21. The maximum atomic E-state index is 11.0. The van der Waals surface area contributed by atoms with Crippen LogP contribution >= 0.6 is 0 Å². The van der Waals surface area contributed by atoms with Crippen molar-refractivity contribution in [1.29, 1.82) is 0 Å². The maximum absolute atomic E-state index is 11.0. The van der Waals surface area contributed by atoms with Gasteiger partial charge < -0.3 is 5.11 Å². The van der Waals surface area contributed by atoms with Crippen LogP contribution in [0.1, 0.15) is 51.3 Å². The number of piperidine rings is 1. The second-order valence-electron chi connectivity index (χ2n) is 5.39. The van der Waals surface area contributed by atoms with E-state index in [1.165, 1.54) is 0 Å². The lowest BCUT2D eigenvalue weighted by molar-refractivity contribution is -0.138. The summed E-state index contributed by atoms with van der Waals surface area (Å²) in [6.07, 6.45) is 5.53. The molecule has 20 heavy (non-hydrogen) atoms. The molecule has 1 N–H and O–H groups in total. The van der Waals surface area contributed by atoms with Crippen LogP contribution < -0.4 is 0 Å². The summed E-state index contributed by atoms with van der Waals surface area (Å²) in [6.45, 7) is 4.54. The van der Waals surface area contributed by atoms with Gasteiger partial charge >= 0.3 is 5.97 Å². The van der Waals surface area contributed by atoms with Crippen molar-refractivity contribution in [2.45, 2.75) is 64.6 Å². The van der Waals surface area contributed by atoms with Crippen molar-refractivity contribution in [2.24, 2.45) is 0 Å². The summed E-state index contributed by atoms with van der Waals surface area (Å²) in [4.78, 5) is 13.2. The number of aromatic nitrogens is 4. The molecular weight excluding hydrogens is 258 g/mol. The maximum Gasteiger partial charge on any atom is 0.304 e. The fraction of sp³-hybridized carbons (Fsp3) is 0.846. The lowest BCUT2D eigenvalue weighted by Crippen LogP contribution is -2.40. The van der Waals surface area contributed by atoms with E-state index >= 15 is 0 Å². The largest absolute Gasteiger partial charge is 0.481 e. The summed E-state index contributed by atoms with van der Waals surface area (Å²) >= 11 is 0. The van der Waals surface area contributed by atoms with Gasteiger partial charge in [0.2, 0.25) is 0 Å². The Kier molecular flexibility index (Phi) is 5.46. The first kappa shape index (κ1) is 14.9. The molecule has 1 aromatic rings. The van der Waals surface area contributed by atoms with E-state index in [-0.39, 0.29) is 12.5 Å². The Morgan fingerprint density at radius 3 is 3.05 bits per heavy atom. The van der Waals surface area contributed by atoms with Crippen LogP contribution in [0, 0.1) is 0 Å². The molecule has 0 aliphatic carbocycles. The first-order valence-electron chi connectivity index (χ1n) is 7.41. The lowest BCUT2D eigenvalue weighted by Gasteiger charge is -2.34. The van der Waals surface area contributed by atoms with Crippen LogP contribution in [0.3, 0.4) is 0 Å². The highest BCUT2D eigenvalue weighted by Gasteiger charge is 2.26. The Balaban J connectivity index is 1.99. The number of hydrogen-bond donors (Lipinski definition) is 1. The first-order chi connectivity index (χ1) is 9.70. The number of carboxylic acids is 1. The van der Waals surface area contributed by atoms with Crippen LogP contribution in [0.5, 0.6) is 0 Å². The molecule has 1 aliphatic heterocycles. The Labute approximate surface area is 119 Å². The Morgan fingerprint density at radius 2 is 2.30 bits per heavy atom. The normalized spacial score (nSPS) is 20.1. The monoisotopic (exact) mass is 281 g/mol. The van der Waals surface area contributed by atoms with Gasteiger partial charge in [-0.25, -0.2) is 4.68 Å². The van der Waals surface area contributed by atoms with E-state index in [0.29, 0.717) is 6.54 Å². The fourth-order valence-corrected chi connectivity index (χ4v) is 2.70.